The Morgan fingerprint density at radius 3 is 2.19 bits per heavy atom. The van der Waals surface area contributed by atoms with Gasteiger partial charge >= 0.3 is 6.36 Å². The minimum atomic E-state index is -4.66. The summed E-state index contributed by atoms with van der Waals surface area (Å²) in [5, 5.41) is 3.20. The first-order chi connectivity index (χ1) is 9.80. The van der Waals surface area contributed by atoms with Crippen molar-refractivity contribution < 1.29 is 17.9 Å². The Balaban J connectivity index is 2.25. The number of benzene rings is 1. The number of nitrogens with one attached hydrogen (secondary N) is 1. The van der Waals surface area contributed by atoms with Crippen LogP contribution in [0.5, 0.6) is 5.75 Å². The quantitative estimate of drug-likeness (QED) is 0.892. The van der Waals surface area contributed by atoms with Gasteiger partial charge in [-0.3, -0.25) is 0 Å². The molecule has 0 amide bonds. The van der Waals surface area contributed by atoms with Crippen LogP contribution < -0.4 is 10.1 Å². The van der Waals surface area contributed by atoms with E-state index in [1.54, 1.807) is 23.5 Å². The molecule has 0 aliphatic rings. The third-order valence-electron chi connectivity index (χ3n) is 3.08. The van der Waals surface area contributed by atoms with Gasteiger partial charge in [-0.05, 0) is 50.2 Å². The zero-order chi connectivity index (χ0) is 15.6. The normalized spacial score (nSPS) is 13.2. The molecule has 1 heterocycles. The fraction of sp³-hybridized carbons (Fsp3) is 0.333. The molecular formula is C15H16F3NOS. The summed E-state index contributed by atoms with van der Waals surface area (Å²) in [5.41, 5.74) is 2.07. The van der Waals surface area contributed by atoms with E-state index in [9.17, 15) is 13.2 Å². The molecule has 2 nitrogen and oxygen atoms in total. The van der Waals surface area contributed by atoms with Crippen LogP contribution in [0.3, 0.4) is 0 Å². The Labute approximate surface area is 125 Å². The molecular weight excluding hydrogens is 299 g/mol. The van der Waals surface area contributed by atoms with Crippen molar-refractivity contribution >= 4 is 11.3 Å². The van der Waals surface area contributed by atoms with Gasteiger partial charge in [0.05, 0.1) is 6.04 Å². The van der Waals surface area contributed by atoms with Crippen LogP contribution in [0.2, 0.25) is 0 Å². The summed E-state index contributed by atoms with van der Waals surface area (Å²) in [4.78, 5) is 2.37. The smallest absolute Gasteiger partial charge is 0.406 e. The van der Waals surface area contributed by atoms with Crippen molar-refractivity contribution in [2.24, 2.45) is 0 Å². The minimum Gasteiger partial charge on any atom is -0.406 e. The molecule has 0 saturated heterocycles. The van der Waals surface area contributed by atoms with Gasteiger partial charge in [-0.25, -0.2) is 0 Å². The van der Waals surface area contributed by atoms with Crippen LogP contribution in [0.4, 0.5) is 13.2 Å². The first kappa shape index (κ1) is 15.9. The average Bonchev–Trinajstić information content (AvgIpc) is 2.70. The van der Waals surface area contributed by atoms with Crippen LogP contribution >= 0.6 is 11.3 Å². The number of aryl methyl sites for hydroxylation is 2. The second-order valence-electron chi connectivity index (χ2n) is 4.74. The molecule has 21 heavy (non-hydrogen) atoms. The fourth-order valence-corrected chi connectivity index (χ4v) is 3.43. The number of hydrogen-bond acceptors (Lipinski definition) is 3. The highest BCUT2D eigenvalue weighted by molar-refractivity contribution is 7.12. The zero-order valence-corrected chi connectivity index (χ0v) is 12.7. The van der Waals surface area contributed by atoms with E-state index in [1.807, 2.05) is 20.9 Å². The van der Waals surface area contributed by atoms with Crippen molar-refractivity contribution in [3.05, 3.63) is 51.2 Å². The molecule has 0 aliphatic heterocycles. The molecule has 0 bridgehead atoms. The molecule has 0 saturated carbocycles. The molecule has 2 aromatic rings. The topological polar surface area (TPSA) is 21.3 Å². The summed E-state index contributed by atoms with van der Waals surface area (Å²) in [7, 11) is 1.83. The molecule has 1 atom stereocenters. The van der Waals surface area contributed by atoms with E-state index in [-0.39, 0.29) is 11.8 Å². The number of ether oxygens (including phenoxy) is 1. The van der Waals surface area contributed by atoms with E-state index < -0.39 is 6.36 Å². The molecule has 0 aliphatic carbocycles. The highest BCUT2D eigenvalue weighted by Crippen LogP contribution is 2.33. The lowest BCUT2D eigenvalue weighted by Crippen LogP contribution is -2.18. The van der Waals surface area contributed by atoms with E-state index in [0.717, 1.165) is 5.56 Å². The third-order valence-corrected chi connectivity index (χ3v) is 4.29. The van der Waals surface area contributed by atoms with E-state index >= 15 is 0 Å². The van der Waals surface area contributed by atoms with Crippen LogP contribution in [0.15, 0.2) is 30.3 Å². The van der Waals surface area contributed by atoms with Crippen molar-refractivity contribution in [3.8, 4) is 5.75 Å². The molecule has 1 aromatic carbocycles. The number of alkyl halides is 3. The van der Waals surface area contributed by atoms with Gasteiger partial charge in [-0.15, -0.1) is 24.5 Å². The predicted molar refractivity (Wildman–Crippen MR) is 77.8 cm³/mol. The highest BCUT2D eigenvalue weighted by Gasteiger charge is 2.31. The maximum Gasteiger partial charge on any atom is 0.573 e. The minimum absolute atomic E-state index is 0.0383. The second-order valence-corrected chi connectivity index (χ2v) is 6.03. The van der Waals surface area contributed by atoms with E-state index in [4.69, 9.17) is 0 Å². The molecule has 1 unspecified atom stereocenters. The Morgan fingerprint density at radius 2 is 1.76 bits per heavy atom. The summed E-state index contributed by atoms with van der Waals surface area (Å²) in [6.07, 6.45) is -4.66. The van der Waals surface area contributed by atoms with Gasteiger partial charge in [-0.1, -0.05) is 12.1 Å². The molecule has 114 valence electrons. The summed E-state index contributed by atoms with van der Waals surface area (Å²) in [6, 6.07) is 8.04. The predicted octanol–water partition coefficient (Wildman–Crippen LogP) is 4.57. The molecule has 2 rings (SSSR count). The maximum absolute atomic E-state index is 12.2. The van der Waals surface area contributed by atoms with Crippen molar-refractivity contribution in [2.45, 2.75) is 26.3 Å². The lowest BCUT2D eigenvalue weighted by atomic mass is 10.0. The van der Waals surface area contributed by atoms with Gasteiger partial charge in [0, 0.05) is 9.75 Å². The van der Waals surface area contributed by atoms with Crippen LogP contribution in [-0.2, 0) is 0 Å². The second kappa shape index (κ2) is 6.07. The molecule has 6 heteroatoms. The van der Waals surface area contributed by atoms with Crippen molar-refractivity contribution in [1.29, 1.82) is 0 Å². The van der Waals surface area contributed by atoms with E-state index in [0.29, 0.717) is 0 Å². The number of thiophene rings is 1. The summed E-state index contributed by atoms with van der Waals surface area (Å²) in [6.45, 7) is 4.07. The standard InChI is InChI=1S/C15H16F3NOS/c1-9-8-10(2)21-14(9)13(19-3)11-4-6-12(7-5-11)20-15(16,17)18/h4-8,13,19H,1-3H3. The van der Waals surface area contributed by atoms with Crippen LogP contribution in [0.25, 0.3) is 0 Å². The molecule has 0 radical (unpaired) electrons. The van der Waals surface area contributed by atoms with Crippen molar-refractivity contribution in [2.75, 3.05) is 7.05 Å². The summed E-state index contributed by atoms with van der Waals surface area (Å²) < 4.78 is 40.3. The lowest BCUT2D eigenvalue weighted by Gasteiger charge is -2.17. The van der Waals surface area contributed by atoms with Crippen molar-refractivity contribution in [3.63, 3.8) is 0 Å². The number of halogens is 3. The summed E-state index contributed by atoms with van der Waals surface area (Å²) in [5.74, 6) is -0.208. The van der Waals surface area contributed by atoms with Gasteiger partial charge in [-0.2, -0.15) is 0 Å². The largest absolute Gasteiger partial charge is 0.573 e. The monoisotopic (exact) mass is 315 g/mol. The van der Waals surface area contributed by atoms with Crippen LogP contribution in [-0.4, -0.2) is 13.4 Å². The van der Waals surface area contributed by atoms with Gasteiger partial charge in [0.2, 0.25) is 0 Å². The Bertz CT molecular complexity index is 604. The average molecular weight is 315 g/mol. The number of rotatable bonds is 4. The number of hydrogen-bond donors (Lipinski definition) is 1. The zero-order valence-electron chi connectivity index (χ0n) is 11.9. The summed E-state index contributed by atoms with van der Waals surface area (Å²) >= 11 is 1.68. The van der Waals surface area contributed by atoms with Gasteiger partial charge in [0.15, 0.2) is 0 Å². The van der Waals surface area contributed by atoms with Gasteiger partial charge in [0.25, 0.3) is 0 Å². The Morgan fingerprint density at radius 1 is 1.14 bits per heavy atom. The first-order valence-corrected chi connectivity index (χ1v) is 7.21. The lowest BCUT2D eigenvalue weighted by molar-refractivity contribution is -0.274. The van der Waals surface area contributed by atoms with E-state index in [2.05, 4.69) is 16.1 Å². The van der Waals surface area contributed by atoms with Crippen LogP contribution in [0.1, 0.15) is 26.9 Å². The molecule has 0 fully saturated rings. The SMILES string of the molecule is CNC(c1ccc(OC(F)(F)F)cc1)c1sc(C)cc1C. The van der Waals surface area contributed by atoms with E-state index in [1.165, 1.54) is 27.5 Å². The highest BCUT2D eigenvalue weighted by atomic mass is 32.1. The molecule has 0 spiro atoms. The maximum atomic E-state index is 12.2. The van der Waals surface area contributed by atoms with Gasteiger partial charge < -0.3 is 10.1 Å². The third kappa shape index (κ3) is 3.98. The Kier molecular flexibility index (Phi) is 4.58. The molecule has 1 aromatic heterocycles. The van der Waals surface area contributed by atoms with Gasteiger partial charge in [0.1, 0.15) is 5.75 Å². The first-order valence-electron chi connectivity index (χ1n) is 6.40. The molecule has 1 N–H and O–H groups in total. The van der Waals surface area contributed by atoms with Crippen LogP contribution in [0, 0.1) is 13.8 Å². The van der Waals surface area contributed by atoms with Crippen molar-refractivity contribution in [1.82, 2.24) is 5.32 Å². The Hall–Kier alpha value is -1.53. The fourth-order valence-electron chi connectivity index (χ4n) is 2.26.